The standard InChI is InChI=1S/C17H19N5OS3/c1-12-19-20-15(25-12)7-9-24-10-8-16-21-22-17(26-16)18-14(23)11-13-5-3-2-4-6-13/h2-6H,7-11H2,1H3,(H,18,22,23). The summed E-state index contributed by atoms with van der Waals surface area (Å²) in [5, 5.41) is 22.8. The van der Waals surface area contributed by atoms with Crippen molar-refractivity contribution in [2.75, 3.05) is 16.8 Å². The maximum atomic E-state index is 12.0. The van der Waals surface area contributed by atoms with Crippen LogP contribution in [0.4, 0.5) is 5.13 Å². The Bertz CT molecular complexity index is 834. The summed E-state index contributed by atoms with van der Waals surface area (Å²) >= 11 is 4.96. The van der Waals surface area contributed by atoms with Gasteiger partial charge in [-0.25, -0.2) is 0 Å². The maximum absolute atomic E-state index is 12.0. The van der Waals surface area contributed by atoms with Crippen LogP contribution >= 0.6 is 34.4 Å². The lowest BCUT2D eigenvalue weighted by Crippen LogP contribution is -2.14. The molecule has 0 aliphatic rings. The van der Waals surface area contributed by atoms with E-state index in [4.69, 9.17) is 0 Å². The second kappa shape index (κ2) is 9.75. The number of hydrogen-bond donors (Lipinski definition) is 1. The largest absolute Gasteiger partial charge is 0.300 e. The van der Waals surface area contributed by atoms with Crippen LogP contribution in [0.1, 0.15) is 20.6 Å². The molecule has 0 saturated carbocycles. The van der Waals surface area contributed by atoms with Crippen molar-refractivity contribution in [3.63, 3.8) is 0 Å². The Morgan fingerprint density at radius 2 is 1.69 bits per heavy atom. The van der Waals surface area contributed by atoms with Gasteiger partial charge in [0.25, 0.3) is 0 Å². The maximum Gasteiger partial charge on any atom is 0.230 e. The van der Waals surface area contributed by atoms with Crippen LogP contribution in [0.2, 0.25) is 0 Å². The van der Waals surface area contributed by atoms with E-state index in [-0.39, 0.29) is 5.91 Å². The fraction of sp³-hybridized carbons (Fsp3) is 0.353. The molecule has 0 unspecified atom stereocenters. The molecule has 6 nitrogen and oxygen atoms in total. The van der Waals surface area contributed by atoms with Crippen molar-refractivity contribution in [1.82, 2.24) is 20.4 Å². The van der Waals surface area contributed by atoms with Crippen molar-refractivity contribution in [3.05, 3.63) is 50.9 Å². The molecule has 3 rings (SSSR count). The second-order valence-corrected chi connectivity index (χ2v) is 9.09. The van der Waals surface area contributed by atoms with Crippen LogP contribution in [0, 0.1) is 6.92 Å². The van der Waals surface area contributed by atoms with Crippen LogP contribution in [-0.4, -0.2) is 37.8 Å². The number of benzene rings is 1. The molecular formula is C17H19N5OS3. The summed E-state index contributed by atoms with van der Waals surface area (Å²) in [6.07, 6.45) is 2.15. The first-order valence-corrected chi connectivity index (χ1v) is 11.0. The molecule has 0 spiro atoms. The van der Waals surface area contributed by atoms with E-state index >= 15 is 0 Å². The number of carbonyl (C=O) groups is 1. The van der Waals surface area contributed by atoms with E-state index in [0.29, 0.717) is 11.6 Å². The van der Waals surface area contributed by atoms with Crippen LogP contribution in [0.15, 0.2) is 30.3 Å². The molecule has 0 atom stereocenters. The Balaban J connectivity index is 1.35. The zero-order valence-corrected chi connectivity index (χ0v) is 16.8. The van der Waals surface area contributed by atoms with Crippen molar-refractivity contribution in [3.8, 4) is 0 Å². The number of rotatable bonds is 9. The van der Waals surface area contributed by atoms with Crippen LogP contribution < -0.4 is 5.32 Å². The third kappa shape index (κ3) is 6.15. The fourth-order valence-electron chi connectivity index (χ4n) is 2.21. The Morgan fingerprint density at radius 3 is 2.38 bits per heavy atom. The molecule has 26 heavy (non-hydrogen) atoms. The molecule has 2 heterocycles. The van der Waals surface area contributed by atoms with Crippen LogP contribution in [0.5, 0.6) is 0 Å². The predicted molar refractivity (Wildman–Crippen MR) is 108 cm³/mol. The van der Waals surface area contributed by atoms with Gasteiger partial charge in [-0.1, -0.05) is 41.7 Å². The van der Waals surface area contributed by atoms with E-state index in [1.165, 1.54) is 11.3 Å². The van der Waals surface area contributed by atoms with Crippen molar-refractivity contribution in [1.29, 1.82) is 0 Å². The Hall–Kier alpha value is -1.84. The number of carbonyl (C=O) groups excluding carboxylic acids is 1. The summed E-state index contributed by atoms with van der Waals surface area (Å²) < 4.78 is 0. The molecule has 1 N–H and O–H groups in total. The van der Waals surface area contributed by atoms with Crippen molar-refractivity contribution < 1.29 is 4.79 Å². The minimum Gasteiger partial charge on any atom is -0.300 e. The number of nitrogens with one attached hydrogen (secondary N) is 1. The summed E-state index contributed by atoms with van der Waals surface area (Å²) in [5.41, 5.74) is 0.983. The van der Waals surface area contributed by atoms with Gasteiger partial charge < -0.3 is 5.32 Å². The molecular weight excluding hydrogens is 386 g/mol. The predicted octanol–water partition coefficient (Wildman–Crippen LogP) is 3.40. The molecule has 3 aromatic rings. The number of anilines is 1. The molecule has 136 valence electrons. The van der Waals surface area contributed by atoms with Gasteiger partial charge in [0.1, 0.15) is 15.0 Å². The Labute approximate surface area is 164 Å². The van der Waals surface area contributed by atoms with Crippen molar-refractivity contribution in [2.45, 2.75) is 26.2 Å². The number of aromatic nitrogens is 4. The summed E-state index contributed by atoms with van der Waals surface area (Å²) in [6.45, 7) is 1.97. The van der Waals surface area contributed by atoms with Crippen LogP contribution in [-0.2, 0) is 24.1 Å². The Kier molecular flexibility index (Phi) is 7.10. The third-order valence-electron chi connectivity index (χ3n) is 3.41. The van der Waals surface area contributed by atoms with E-state index in [1.807, 2.05) is 49.0 Å². The van der Waals surface area contributed by atoms with E-state index < -0.39 is 0 Å². The summed E-state index contributed by atoms with van der Waals surface area (Å²) in [5.74, 6) is 1.93. The number of hydrogen-bond acceptors (Lipinski definition) is 8. The topological polar surface area (TPSA) is 80.7 Å². The van der Waals surface area contributed by atoms with Crippen molar-refractivity contribution in [2.24, 2.45) is 0 Å². The first-order chi connectivity index (χ1) is 12.7. The quantitative estimate of drug-likeness (QED) is 0.550. The van der Waals surface area contributed by atoms with Gasteiger partial charge in [0.05, 0.1) is 6.42 Å². The van der Waals surface area contributed by atoms with E-state index in [0.717, 1.165) is 44.9 Å². The van der Waals surface area contributed by atoms with Gasteiger partial charge in [-0.3, -0.25) is 4.79 Å². The van der Waals surface area contributed by atoms with E-state index in [1.54, 1.807) is 11.3 Å². The summed E-state index contributed by atoms with van der Waals surface area (Å²) in [6, 6.07) is 9.66. The average Bonchev–Trinajstić information content (AvgIpc) is 3.24. The minimum absolute atomic E-state index is 0.0689. The Morgan fingerprint density at radius 1 is 1.00 bits per heavy atom. The molecule has 1 aromatic carbocycles. The highest BCUT2D eigenvalue weighted by molar-refractivity contribution is 7.99. The molecule has 0 radical (unpaired) electrons. The number of amides is 1. The first-order valence-electron chi connectivity index (χ1n) is 8.22. The number of nitrogens with zero attached hydrogens (tertiary/aromatic N) is 4. The fourth-order valence-corrected chi connectivity index (χ4v) is 4.81. The van der Waals surface area contributed by atoms with Gasteiger partial charge in [0.15, 0.2) is 0 Å². The number of aryl methyl sites for hydroxylation is 3. The molecule has 0 fully saturated rings. The molecule has 9 heteroatoms. The second-order valence-electron chi connectivity index (χ2n) is 5.54. The first kappa shape index (κ1) is 18.9. The van der Waals surface area contributed by atoms with Crippen LogP contribution in [0.3, 0.4) is 0 Å². The van der Waals surface area contributed by atoms with Crippen LogP contribution in [0.25, 0.3) is 0 Å². The average molecular weight is 406 g/mol. The third-order valence-corrected chi connectivity index (χ3v) is 6.19. The molecule has 0 aliphatic carbocycles. The molecule has 0 aliphatic heterocycles. The van der Waals surface area contributed by atoms with Gasteiger partial charge in [-0.15, -0.1) is 31.7 Å². The smallest absolute Gasteiger partial charge is 0.230 e. The lowest BCUT2D eigenvalue weighted by Gasteiger charge is -2.00. The molecule has 2 aromatic heterocycles. The number of thioether (sulfide) groups is 1. The SMILES string of the molecule is Cc1nnc(CCSCCc2nnc(NC(=O)Cc3ccccc3)s2)s1. The van der Waals surface area contributed by atoms with Gasteiger partial charge in [0.2, 0.25) is 11.0 Å². The van der Waals surface area contributed by atoms with Gasteiger partial charge in [-0.2, -0.15) is 11.8 Å². The van der Waals surface area contributed by atoms with Gasteiger partial charge in [0, 0.05) is 12.8 Å². The lowest BCUT2D eigenvalue weighted by molar-refractivity contribution is -0.115. The molecule has 1 amide bonds. The van der Waals surface area contributed by atoms with E-state index in [2.05, 4.69) is 25.7 Å². The van der Waals surface area contributed by atoms with E-state index in [9.17, 15) is 4.79 Å². The lowest BCUT2D eigenvalue weighted by atomic mass is 10.1. The summed E-state index contributed by atoms with van der Waals surface area (Å²) in [7, 11) is 0. The monoisotopic (exact) mass is 405 g/mol. The normalized spacial score (nSPS) is 10.8. The minimum atomic E-state index is -0.0689. The highest BCUT2D eigenvalue weighted by Crippen LogP contribution is 2.18. The molecule has 0 saturated heterocycles. The zero-order chi connectivity index (χ0) is 18.2. The highest BCUT2D eigenvalue weighted by Gasteiger charge is 2.09. The van der Waals surface area contributed by atoms with Crippen molar-refractivity contribution >= 4 is 45.5 Å². The highest BCUT2D eigenvalue weighted by atomic mass is 32.2. The molecule has 0 bridgehead atoms. The zero-order valence-electron chi connectivity index (χ0n) is 14.3. The van der Waals surface area contributed by atoms with Gasteiger partial charge in [-0.05, 0) is 24.0 Å². The summed E-state index contributed by atoms with van der Waals surface area (Å²) in [4.78, 5) is 12.0. The van der Waals surface area contributed by atoms with Gasteiger partial charge >= 0.3 is 0 Å².